The highest BCUT2D eigenvalue weighted by Crippen LogP contribution is 2.07. The van der Waals surface area contributed by atoms with E-state index in [4.69, 9.17) is 0 Å². The Hall–Kier alpha value is -1.63. The summed E-state index contributed by atoms with van der Waals surface area (Å²) >= 11 is 0. The maximum atomic E-state index is 2.32. The molecule has 2 aromatic rings. The smallest absolute Gasteiger partial charge is 0.169 e. The predicted octanol–water partition coefficient (Wildman–Crippen LogP) is 4.73. The average molecular weight is 282 g/mol. The molecule has 0 aliphatic rings. The molecule has 0 N–H and O–H groups in total. The highest BCUT2D eigenvalue weighted by molar-refractivity contribution is 5.15. The van der Waals surface area contributed by atoms with Gasteiger partial charge in [-0.15, -0.1) is 0 Å². The van der Waals surface area contributed by atoms with Crippen LogP contribution in [0.4, 0.5) is 0 Å². The van der Waals surface area contributed by atoms with Crippen LogP contribution in [0.15, 0.2) is 54.9 Å². The van der Waals surface area contributed by atoms with Crippen molar-refractivity contribution in [3.05, 3.63) is 66.0 Å². The number of hydrogen-bond acceptors (Lipinski definition) is 0. The maximum absolute atomic E-state index is 2.32. The van der Waals surface area contributed by atoms with Crippen LogP contribution in [-0.4, -0.2) is 0 Å². The molecule has 1 aromatic heterocycles. The monoisotopic (exact) mass is 282 g/mol. The molecule has 112 valence electrons. The zero-order valence-corrected chi connectivity index (χ0v) is 13.3. The van der Waals surface area contributed by atoms with Gasteiger partial charge in [-0.25, -0.2) is 4.57 Å². The molecule has 1 nitrogen and oxygen atoms in total. The molecule has 0 saturated heterocycles. The minimum atomic E-state index is 1.16. The van der Waals surface area contributed by atoms with Crippen LogP contribution in [-0.2, 0) is 19.4 Å². The lowest BCUT2D eigenvalue weighted by molar-refractivity contribution is -0.697. The molecule has 0 atom stereocenters. The summed E-state index contributed by atoms with van der Waals surface area (Å²) in [5.41, 5.74) is 2.90. The molecule has 1 aromatic carbocycles. The lowest BCUT2D eigenvalue weighted by Crippen LogP contribution is -2.32. The largest absolute Gasteiger partial charge is 0.205 e. The number of rotatable bonds is 9. The Morgan fingerprint density at radius 1 is 0.714 bits per heavy atom. The first kappa shape index (κ1) is 15.8. The summed E-state index contributed by atoms with van der Waals surface area (Å²) < 4.78 is 2.32. The SMILES string of the molecule is CCCCCC[n+]1ccc(CCCc2ccccc2)cc1. The summed E-state index contributed by atoms with van der Waals surface area (Å²) in [7, 11) is 0. The summed E-state index contributed by atoms with van der Waals surface area (Å²) in [6.07, 6.45) is 13.4. The molecule has 0 spiro atoms. The third-order valence-electron chi connectivity index (χ3n) is 4.00. The molecule has 0 aliphatic heterocycles. The molecule has 1 heterocycles. The molecule has 0 aliphatic carbocycles. The molecule has 0 radical (unpaired) electrons. The van der Waals surface area contributed by atoms with E-state index in [1.807, 2.05) is 0 Å². The second-order valence-corrected chi connectivity index (χ2v) is 5.84. The predicted molar refractivity (Wildman–Crippen MR) is 89.2 cm³/mol. The van der Waals surface area contributed by atoms with Crippen LogP contribution in [0.3, 0.4) is 0 Å². The zero-order chi connectivity index (χ0) is 14.8. The van der Waals surface area contributed by atoms with Crippen LogP contribution < -0.4 is 4.57 Å². The van der Waals surface area contributed by atoms with E-state index < -0.39 is 0 Å². The van der Waals surface area contributed by atoms with Crippen molar-refractivity contribution in [1.29, 1.82) is 0 Å². The van der Waals surface area contributed by atoms with Crippen molar-refractivity contribution >= 4 is 0 Å². The fourth-order valence-electron chi connectivity index (χ4n) is 2.67. The normalized spacial score (nSPS) is 10.7. The van der Waals surface area contributed by atoms with Gasteiger partial charge in [-0.3, -0.25) is 0 Å². The molecule has 0 unspecified atom stereocenters. The first-order valence-electron chi connectivity index (χ1n) is 8.40. The van der Waals surface area contributed by atoms with Gasteiger partial charge in [-0.05, 0) is 36.8 Å². The third-order valence-corrected chi connectivity index (χ3v) is 4.00. The second kappa shape index (κ2) is 9.33. The van der Waals surface area contributed by atoms with Crippen LogP contribution in [0.25, 0.3) is 0 Å². The van der Waals surface area contributed by atoms with Crippen molar-refractivity contribution in [2.75, 3.05) is 0 Å². The van der Waals surface area contributed by atoms with Gasteiger partial charge in [0.2, 0.25) is 0 Å². The molecule has 0 saturated carbocycles. The lowest BCUT2D eigenvalue weighted by atomic mass is 10.1. The Balaban J connectivity index is 1.69. The molecule has 2 rings (SSSR count). The molecular formula is C20H28N+. The van der Waals surface area contributed by atoms with Gasteiger partial charge in [0.15, 0.2) is 12.4 Å². The number of aromatic nitrogens is 1. The fourth-order valence-corrected chi connectivity index (χ4v) is 2.67. The van der Waals surface area contributed by atoms with Gasteiger partial charge in [0.25, 0.3) is 0 Å². The number of nitrogens with zero attached hydrogens (tertiary/aromatic N) is 1. The van der Waals surface area contributed by atoms with Crippen molar-refractivity contribution in [1.82, 2.24) is 0 Å². The van der Waals surface area contributed by atoms with Gasteiger partial charge in [0, 0.05) is 18.6 Å². The van der Waals surface area contributed by atoms with Gasteiger partial charge < -0.3 is 0 Å². The average Bonchev–Trinajstić information content (AvgIpc) is 2.54. The van der Waals surface area contributed by atoms with E-state index in [0.717, 1.165) is 6.54 Å². The summed E-state index contributed by atoms with van der Waals surface area (Å²) in [5.74, 6) is 0. The number of unbranched alkanes of at least 4 members (excludes halogenated alkanes) is 3. The molecular weight excluding hydrogens is 254 g/mol. The standard InChI is InChI=1S/C20H28N/c1-2-3-4-8-16-21-17-14-20(15-18-21)13-9-12-19-10-6-5-7-11-19/h5-7,10-11,14-15,17-18H,2-4,8-9,12-13,16H2,1H3/q+1. The maximum Gasteiger partial charge on any atom is 0.169 e. The fraction of sp³-hybridized carbons (Fsp3) is 0.450. The molecule has 0 fully saturated rings. The molecule has 0 amide bonds. The van der Waals surface area contributed by atoms with E-state index >= 15 is 0 Å². The summed E-state index contributed by atoms with van der Waals surface area (Å²) in [6.45, 7) is 3.42. The first-order chi connectivity index (χ1) is 10.4. The summed E-state index contributed by atoms with van der Waals surface area (Å²) in [4.78, 5) is 0. The van der Waals surface area contributed by atoms with Crippen molar-refractivity contribution in [3.8, 4) is 0 Å². The third kappa shape index (κ3) is 6.12. The van der Waals surface area contributed by atoms with Crippen LogP contribution in [0, 0.1) is 0 Å². The van der Waals surface area contributed by atoms with E-state index in [2.05, 4.69) is 66.3 Å². The van der Waals surface area contributed by atoms with E-state index in [9.17, 15) is 0 Å². The van der Waals surface area contributed by atoms with Gasteiger partial charge >= 0.3 is 0 Å². The Kier molecular flexibility index (Phi) is 7.00. The minimum absolute atomic E-state index is 1.16. The van der Waals surface area contributed by atoms with E-state index in [1.54, 1.807) is 0 Å². The van der Waals surface area contributed by atoms with Crippen LogP contribution >= 0.6 is 0 Å². The van der Waals surface area contributed by atoms with Gasteiger partial charge in [-0.1, -0.05) is 50.1 Å². The number of hydrogen-bond donors (Lipinski definition) is 0. The quantitative estimate of drug-likeness (QED) is 0.462. The molecule has 21 heavy (non-hydrogen) atoms. The molecule has 1 heteroatoms. The Morgan fingerprint density at radius 3 is 2.05 bits per heavy atom. The summed E-state index contributed by atoms with van der Waals surface area (Å²) in [6, 6.07) is 15.3. The Bertz CT molecular complexity index is 487. The van der Waals surface area contributed by atoms with E-state index in [1.165, 1.54) is 56.1 Å². The number of aryl methyl sites for hydroxylation is 3. The van der Waals surface area contributed by atoms with Crippen LogP contribution in [0.1, 0.15) is 50.2 Å². The topological polar surface area (TPSA) is 3.88 Å². The zero-order valence-electron chi connectivity index (χ0n) is 13.3. The van der Waals surface area contributed by atoms with Gasteiger partial charge in [-0.2, -0.15) is 0 Å². The van der Waals surface area contributed by atoms with E-state index in [-0.39, 0.29) is 0 Å². The second-order valence-electron chi connectivity index (χ2n) is 5.84. The number of pyridine rings is 1. The van der Waals surface area contributed by atoms with Crippen molar-refractivity contribution < 1.29 is 4.57 Å². The summed E-state index contributed by atoms with van der Waals surface area (Å²) in [5, 5.41) is 0. The van der Waals surface area contributed by atoms with Crippen molar-refractivity contribution in [2.24, 2.45) is 0 Å². The highest BCUT2D eigenvalue weighted by Gasteiger charge is 2.01. The Morgan fingerprint density at radius 2 is 1.38 bits per heavy atom. The van der Waals surface area contributed by atoms with E-state index in [0.29, 0.717) is 0 Å². The van der Waals surface area contributed by atoms with Gasteiger partial charge in [0.1, 0.15) is 6.54 Å². The minimum Gasteiger partial charge on any atom is -0.205 e. The van der Waals surface area contributed by atoms with Crippen LogP contribution in [0.5, 0.6) is 0 Å². The first-order valence-corrected chi connectivity index (χ1v) is 8.40. The van der Waals surface area contributed by atoms with Gasteiger partial charge in [0.05, 0.1) is 0 Å². The lowest BCUT2D eigenvalue weighted by Gasteiger charge is -2.02. The van der Waals surface area contributed by atoms with Crippen LogP contribution in [0.2, 0.25) is 0 Å². The number of benzene rings is 1. The molecule has 0 bridgehead atoms. The Labute approximate surface area is 129 Å². The van der Waals surface area contributed by atoms with Crippen molar-refractivity contribution in [3.63, 3.8) is 0 Å². The highest BCUT2D eigenvalue weighted by atomic mass is 14.9. The van der Waals surface area contributed by atoms with Crippen molar-refractivity contribution in [2.45, 2.75) is 58.4 Å².